The molecule has 0 spiro atoms. The number of nitrogens with one attached hydrogen (secondary N) is 2. The molecule has 0 aliphatic rings. The number of halogens is 1. The number of furan rings is 1. The maximum Gasteiger partial charge on any atom is 0.274 e. The Hall–Kier alpha value is -4.04. The first-order chi connectivity index (χ1) is 16.9. The van der Waals surface area contributed by atoms with E-state index in [2.05, 4.69) is 15.7 Å². The van der Waals surface area contributed by atoms with Crippen molar-refractivity contribution in [3.8, 4) is 5.75 Å². The molecule has 4 rings (SSSR count). The Bertz CT molecular complexity index is 1330. The normalized spacial score (nSPS) is 10.7. The Morgan fingerprint density at radius 2 is 1.97 bits per heavy atom. The summed E-state index contributed by atoms with van der Waals surface area (Å²) in [5.74, 6) is 0.417. The van der Waals surface area contributed by atoms with Crippen LogP contribution in [0.2, 0.25) is 5.02 Å². The minimum atomic E-state index is -0.416. The molecular formula is C26H25ClN4O4. The molecule has 0 unspecified atom stereocenters. The van der Waals surface area contributed by atoms with E-state index in [1.54, 1.807) is 47.3 Å². The second-order valence-electron chi connectivity index (χ2n) is 7.89. The molecule has 0 saturated heterocycles. The van der Waals surface area contributed by atoms with E-state index in [1.807, 2.05) is 32.0 Å². The molecule has 0 saturated carbocycles. The van der Waals surface area contributed by atoms with Crippen LogP contribution in [-0.2, 0) is 19.7 Å². The smallest absolute Gasteiger partial charge is 0.274 e. The van der Waals surface area contributed by atoms with Crippen LogP contribution in [-0.4, -0.2) is 21.6 Å². The van der Waals surface area contributed by atoms with Crippen molar-refractivity contribution in [1.82, 2.24) is 15.1 Å². The second kappa shape index (κ2) is 10.9. The molecule has 2 aromatic heterocycles. The summed E-state index contributed by atoms with van der Waals surface area (Å²) in [6.45, 7) is 4.86. The highest BCUT2D eigenvalue weighted by molar-refractivity contribution is 6.32. The van der Waals surface area contributed by atoms with Crippen LogP contribution in [0.1, 0.15) is 44.7 Å². The van der Waals surface area contributed by atoms with Gasteiger partial charge < -0.3 is 19.8 Å². The van der Waals surface area contributed by atoms with E-state index < -0.39 is 5.91 Å². The van der Waals surface area contributed by atoms with E-state index in [9.17, 15) is 9.59 Å². The topological polar surface area (TPSA) is 98.4 Å². The van der Waals surface area contributed by atoms with E-state index >= 15 is 0 Å². The molecule has 0 aliphatic heterocycles. The number of aryl methyl sites for hydroxylation is 2. The Kier molecular flexibility index (Phi) is 7.52. The van der Waals surface area contributed by atoms with Gasteiger partial charge in [-0.15, -0.1) is 0 Å². The second-order valence-corrected chi connectivity index (χ2v) is 8.29. The van der Waals surface area contributed by atoms with Crippen molar-refractivity contribution < 1.29 is 18.7 Å². The van der Waals surface area contributed by atoms with E-state index in [1.165, 1.54) is 6.26 Å². The van der Waals surface area contributed by atoms with Gasteiger partial charge in [0.15, 0.2) is 5.69 Å². The molecule has 0 atom stereocenters. The molecule has 8 nitrogen and oxygen atoms in total. The Balaban J connectivity index is 1.45. The minimum absolute atomic E-state index is 0.125. The van der Waals surface area contributed by atoms with E-state index in [0.29, 0.717) is 34.3 Å². The molecule has 35 heavy (non-hydrogen) atoms. The van der Waals surface area contributed by atoms with E-state index in [4.69, 9.17) is 20.8 Å². The maximum absolute atomic E-state index is 13.0. The Morgan fingerprint density at radius 1 is 1.11 bits per heavy atom. The average Bonchev–Trinajstić information content (AvgIpc) is 3.53. The van der Waals surface area contributed by atoms with Gasteiger partial charge in [0.05, 0.1) is 23.5 Å². The molecule has 2 aromatic carbocycles. The van der Waals surface area contributed by atoms with Crippen LogP contribution in [0, 0.1) is 6.92 Å². The van der Waals surface area contributed by atoms with Crippen LogP contribution in [0.25, 0.3) is 0 Å². The lowest BCUT2D eigenvalue weighted by Gasteiger charge is -2.10. The third kappa shape index (κ3) is 6.10. The summed E-state index contributed by atoms with van der Waals surface area (Å²) in [5.41, 5.74) is 2.71. The van der Waals surface area contributed by atoms with Crippen molar-refractivity contribution in [2.75, 3.05) is 5.32 Å². The number of hydrogen-bond donors (Lipinski definition) is 2. The largest absolute Gasteiger partial charge is 0.487 e. The van der Waals surface area contributed by atoms with Gasteiger partial charge >= 0.3 is 0 Å². The molecule has 0 bridgehead atoms. The first kappa shape index (κ1) is 24.1. The molecule has 2 amide bonds. The average molecular weight is 493 g/mol. The molecule has 2 heterocycles. The fraction of sp³-hybridized carbons (Fsp3) is 0.192. The zero-order chi connectivity index (χ0) is 24.8. The van der Waals surface area contributed by atoms with Gasteiger partial charge in [-0.05, 0) is 61.4 Å². The van der Waals surface area contributed by atoms with Gasteiger partial charge in [-0.3, -0.25) is 14.3 Å². The first-order valence-electron chi connectivity index (χ1n) is 11.1. The third-order valence-corrected chi connectivity index (χ3v) is 5.53. The lowest BCUT2D eigenvalue weighted by Crippen LogP contribution is -2.25. The van der Waals surface area contributed by atoms with Crippen LogP contribution in [0.15, 0.2) is 71.5 Å². The van der Waals surface area contributed by atoms with Crippen LogP contribution >= 0.6 is 11.6 Å². The lowest BCUT2D eigenvalue weighted by atomic mass is 10.1. The van der Waals surface area contributed by atoms with Gasteiger partial charge in [0.1, 0.15) is 18.1 Å². The van der Waals surface area contributed by atoms with Crippen molar-refractivity contribution in [3.05, 3.63) is 100 Å². The summed E-state index contributed by atoms with van der Waals surface area (Å²) in [6, 6.07) is 16.1. The highest BCUT2D eigenvalue weighted by Gasteiger charge is 2.19. The van der Waals surface area contributed by atoms with Crippen molar-refractivity contribution in [1.29, 1.82) is 0 Å². The lowest BCUT2D eigenvalue weighted by molar-refractivity contribution is 0.0943. The van der Waals surface area contributed by atoms with Crippen LogP contribution in [0.4, 0.5) is 5.69 Å². The van der Waals surface area contributed by atoms with Crippen molar-refractivity contribution in [2.45, 2.75) is 33.5 Å². The third-order valence-electron chi connectivity index (χ3n) is 5.22. The number of amides is 2. The summed E-state index contributed by atoms with van der Waals surface area (Å²) >= 11 is 6.21. The number of rotatable bonds is 9. The summed E-state index contributed by atoms with van der Waals surface area (Å²) in [7, 11) is 0. The molecule has 4 aromatic rings. The minimum Gasteiger partial charge on any atom is -0.487 e. The molecule has 0 radical (unpaired) electrons. The zero-order valence-corrected chi connectivity index (χ0v) is 20.1. The number of anilines is 1. The van der Waals surface area contributed by atoms with Gasteiger partial charge in [0.25, 0.3) is 11.8 Å². The number of ether oxygens (including phenoxy) is 1. The predicted molar refractivity (Wildman–Crippen MR) is 133 cm³/mol. The number of nitrogens with zero attached hydrogens (tertiary/aromatic N) is 2. The number of aromatic nitrogens is 2. The predicted octanol–water partition coefficient (Wildman–Crippen LogP) is 5.22. The fourth-order valence-corrected chi connectivity index (χ4v) is 3.56. The SMILES string of the molecule is CCn1cc(NC(=O)c2cccc(COc3cc(C)ccc3Cl)c2)c(C(=O)NCc2ccco2)n1. The van der Waals surface area contributed by atoms with Crippen LogP contribution < -0.4 is 15.4 Å². The number of hydrogen-bond acceptors (Lipinski definition) is 5. The summed E-state index contributed by atoms with van der Waals surface area (Å²) in [4.78, 5) is 25.7. The number of benzene rings is 2. The first-order valence-corrected chi connectivity index (χ1v) is 11.5. The van der Waals surface area contributed by atoms with Gasteiger partial charge in [-0.25, -0.2) is 0 Å². The summed E-state index contributed by atoms with van der Waals surface area (Å²) in [5, 5.41) is 10.4. The Labute approximate surface area is 207 Å². The molecular weight excluding hydrogens is 468 g/mol. The highest BCUT2D eigenvalue weighted by atomic mass is 35.5. The summed E-state index contributed by atoms with van der Waals surface area (Å²) in [6.07, 6.45) is 3.17. The molecule has 2 N–H and O–H groups in total. The van der Waals surface area contributed by atoms with Gasteiger partial charge in [-0.2, -0.15) is 5.10 Å². The number of carbonyl (C=O) groups is 2. The molecule has 0 fully saturated rings. The van der Waals surface area contributed by atoms with Gasteiger partial charge in [-0.1, -0.05) is 29.8 Å². The van der Waals surface area contributed by atoms with Crippen LogP contribution in [0.3, 0.4) is 0 Å². The van der Waals surface area contributed by atoms with Crippen molar-refractivity contribution in [2.24, 2.45) is 0 Å². The Morgan fingerprint density at radius 3 is 2.74 bits per heavy atom. The molecule has 180 valence electrons. The maximum atomic E-state index is 13.0. The van der Waals surface area contributed by atoms with Gasteiger partial charge in [0.2, 0.25) is 0 Å². The van der Waals surface area contributed by atoms with Crippen molar-refractivity contribution in [3.63, 3.8) is 0 Å². The van der Waals surface area contributed by atoms with Gasteiger partial charge in [0, 0.05) is 18.3 Å². The monoisotopic (exact) mass is 492 g/mol. The van der Waals surface area contributed by atoms with E-state index in [-0.39, 0.29) is 24.8 Å². The van der Waals surface area contributed by atoms with E-state index in [0.717, 1.165) is 11.1 Å². The number of carbonyl (C=O) groups excluding carboxylic acids is 2. The molecule has 9 heteroatoms. The zero-order valence-electron chi connectivity index (χ0n) is 19.4. The van der Waals surface area contributed by atoms with Crippen molar-refractivity contribution >= 4 is 29.1 Å². The fourth-order valence-electron chi connectivity index (χ4n) is 3.39. The van der Waals surface area contributed by atoms with Crippen LogP contribution in [0.5, 0.6) is 5.75 Å². The molecule has 0 aliphatic carbocycles. The highest BCUT2D eigenvalue weighted by Crippen LogP contribution is 2.26. The quantitative estimate of drug-likeness (QED) is 0.334. The standard InChI is InChI=1S/C26H25ClN4O4/c1-3-31-15-22(24(30-31)26(33)28-14-20-8-5-11-34-20)29-25(32)19-7-4-6-18(13-19)16-35-23-12-17(2)9-10-21(23)27/h4-13,15H,3,14,16H2,1-2H3,(H,28,33)(H,29,32). The summed E-state index contributed by atoms with van der Waals surface area (Å²) < 4.78 is 12.7.